The molecule has 8 heteroatoms. The van der Waals surface area contributed by atoms with Gasteiger partial charge in [0.15, 0.2) is 0 Å². The highest BCUT2D eigenvalue weighted by molar-refractivity contribution is 6.07. The van der Waals surface area contributed by atoms with E-state index in [1.54, 1.807) is 11.8 Å². The van der Waals surface area contributed by atoms with Crippen molar-refractivity contribution in [2.45, 2.75) is 26.5 Å². The molecule has 4 aromatic rings. The summed E-state index contributed by atoms with van der Waals surface area (Å²) < 4.78 is 6.91. The molecule has 0 aliphatic carbocycles. The van der Waals surface area contributed by atoms with Crippen LogP contribution in [-0.4, -0.2) is 32.8 Å². The zero-order valence-electron chi connectivity index (χ0n) is 18.6. The lowest BCUT2D eigenvalue weighted by Crippen LogP contribution is -2.17. The lowest BCUT2D eigenvalue weighted by molar-refractivity contribution is 0.100. The molecule has 1 amide bonds. The minimum Gasteiger partial charge on any atom is -0.378 e. The van der Waals surface area contributed by atoms with Gasteiger partial charge in [0.05, 0.1) is 40.8 Å². The largest absolute Gasteiger partial charge is 0.378 e. The number of nitrogens with zero attached hydrogens (tertiary/aromatic N) is 4. The standard InChI is InChI=1S/C24H26N6O2/c1-14-12-30(3)29-22(14)15(2)28-23-19-9-16(17-5-7-18(13-32-4)26-10-17)6-8-21(19)27-11-20(23)24(25)31/h5-12,15H,13H2,1-4H3,(H2,25,31)(H,27,28). The molecule has 0 saturated heterocycles. The van der Waals surface area contributed by atoms with Crippen molar-refractivity contribution in [1.29, 1.82) is 0 Å². The summed E-state index contributed by atoms with van der Waals surface area (Å²) in [7, 11) is 3.53. The predicted molar refractivity (Wildman–Crippen MR) is 124 cm³/mol. The van der Waals surface area contributed by atoms with Gasteiger partial charge in [0, 0.05) is 43.7 Å². The Morgan fingerprint density at radius 1 is 1.19 bits per heavy atom. The average Bonchev–Trinajstić information content (AvgIpc) is 3.12. The molecule has 1 unspecified atom stereocenters. The molecule has 0 aliphatic heterocycles. The fraction of sp³-hybridized carbons (Fsp3) is 0.250. The van der Waals surface area contributed by atoms with E-state index in [4.69, 9.17) is 10.5 Å². The number of nitrogens with one attached hydrogen (secondary N) is 1. The van der Waals surface area contributed by atoms with Gasteiger partial charge in [-0.2, -0.15) is 5.10 Å². The Morgan fingerprint density at radius 3 is 2.59 bits per heavy atom. The van der Waals surface area contributed by atoms with Crippen LogP contribution < -0.4 is 11.1 Å². The summed E-state index contributed by atoms with van der Waals surface area (Å²) in [4.78, 5) is 21.1. The Balaban J connectivity index is 1.80. The molecule has 0 spiro atoms. The molecule has 0 aliphatic rings. The number of primary amides is 1. The number of fused-ring (bicyclic) bond motifs is 1. The smallest absolute Gasteiger partial charge is 0.252 e. The maximum absolute atomic E-state index is 12.2. The SMILES string of the molecule is COCc1ccc(-c2ccc3ncc(C(N)=O)c(NC(C)c4nn(C)cc4C)c3c2)cn1. The number of amides is 1. The number of aromatic nitrogens is 4. The van der Waals surface area contributed by atoms with Crippen molar-refractivity contribution in [3.8, 4) is 11.1 Å². The van der Waals surface area contributed by atoms with E-state index in [2.05, 4.69) is 20.4 Å². The lowest BCUT2D eigenvalue weighted by Gasteiger charge is -2.19. The number of benzene rings is 1. The quantitative estimate of drug-likeness (QED) is 0.462. The van der Waals surface area contributed by atoms with E-state index in [0.717, 1.165) is 39.0 Å². The van der Waals surface area contributed by atoms with Crippen molar-refractivity contribution >= 4 is 22.5 Å². The molecule has 3 aromatic heterocycles. The average molecular weight is 431 g/mol. The number of hydrogen-bond acceptors (Lipinski definition) is 6. The number of hydrogen-bond donors (Lipinski definition) is 2. The molecule has 3 N–H and O–H groups in total. The number of carbonyl (C=O) groups is 1. The van der Waals surface area contributed by atoms with Crippen molar-refractivity contribution in [2.24, 2.45) is 12.8 Å². The van der Waals surface area contributed by atoms with E-state index in [1.807, 2.05) is 63.6 Å². The first-order chi connectivity index (χ1) is 15.4. The van der Waals surface area contributed by atoms with Crippen LogP contribution >= 0.6 is 0 Å². The maximum Gasteiger partial charge on any atom is 0.252 e. The van der Waals surface area contributed by atoms with Crippen LogP contribution in [0.15, 0.2) is 48.9 Å². The van der Waals surface area contributed by atoms with Crippen molar-refractivity contribution in [3.05, 3.63) is 71.4 Å². The summed E-state index contributed by atoms with van der Waals surface area (Å²) in [5.74, 6) is -0.539. The molecular formula is C24H26N6O2. The summed E-state index contributed by atoms with van der Waals surface area (Å²) in [5.41, 5.74) is 12.2. The molecule has 1 aromatic carbocycles. The van der Waals surface area contributed by atoms with Crippen LogP contribution in [0, 0.1) is 6.92 Å². The van der Waals surface area contributed by atoms with E-state index in [-0.39, 0.29) is 6.04 Å². The Morgan fingerprint density at radius 2 is 1.97 bits per heavy atom. The van der Waals surface area contributed by atoms with Gasteiger partial charge in [-0.3, -0.25) is 19.4 Å². The topological polar surface area (TPSA) is 108 Å². The molecule has 32 heavy (non-hydrogen) atoms. The van der Waals surface area contributed by atoms with E-state index in [0.29, 0.717) is 17.9 Å². The van der Waals surface area contributed by atoms with Gasteiger partial charge in [-0.05, 0) is 43.2 Å². The molecule has 0 radical (unpaired) electrons. The minimum atomic E-state index is -0.539. The normalized spacial score (nSPS) is 12.1. The van der Waals surface area contributed by atoms with Crippen LogP contribution in [0.3, 0.4) is 0 Å². The third-order valence-corrected chi connectivity index (χ3v) is 5.40. The Labute approximate surface area is 186 Å². The molecule has 0 bridgehead atoms. The fourth-order valence-corrected chi connectivity index (χ4v) is 3.88. The number of rotatable bonds is 7. The van der Waals surface area contributed by atoms with E-state index >= 15 is 0 Å². The highest BCUT2D eigenvalue weighted by Gasteiger charge is 2.19. The first kappa shape index (κ1) is 21.5. The van der Waals surface area contributed by atoms with E-state index in [9.17, 15) is 4.79 Å². The lowest BCUT2D eigenvalue weighted by atomic mass is 10.0. The highest BCUT2D eigenvalue weighted by Crippen LogP contribution is 2.33. The highest BCUT2D eigenvalue weighted by atomic mass is 16.5. The first-order valence-electron chi connectivity index (χ1n) is 10.3. The molecule has 8 nitrogen and oxygen atoms in total. The number of aryl methyl sites for hydroxylation is 2. The number of anilines is 1. The summed E-state index contributed by atoms with van der Waals surface area (Å²) in [6.07, 6.45) is 5.30. The second-order valence-electron chi connectivity index (χ2n) is 7.85. The number of carbonyl (C=O) groups excluding carboxylic acids is 1. The van der Waals surface area contributed by atoms with Gasteiger partial charge in [0.25, 0.3) is 5.91 Å². The monoisotopic (exact) mass is 430 g/mol. The minimum absolute atomic E-state index is 0.140. The van der Waals surface area contributed by atoms with Crippen LogP contribution in [0.1, 0.15) is 40.3 Å². The number of ether oxygens (including phenoxy) is 1. The van der Waals surface area contributed by atoms with Crippen molar-refractivity contribution in [3.63, 3.8) is 0 Å². The van der Waals surface area contributed by atoms with Crippen LogP contribution in [-0.2, 0) is 18.4 Å². The van der Waals surface area contributed by atoms with Crippen LogP contribution in [0.5, 0.6) is 0 Å². The third kappa shape index (κ3) is 4.17. The Bertz CT molecular complexity index is 1280. The van der Waals surface area contributed by atoms with Crippen LogP contribution in [0.2, 0.25) is 0 Å². The van der Waals surface area contributed by atoms with Crippen molar-refractivity contribution in [2.75, 3.05) is 12.4 Å². The van der Waals surface area contributed by atoms with Gasteiger partial charge < -0.3 is 15.8 Å². The summed E-state index contributed by atoms with van der Waals surface area (Å²) in [6.45, 7) is 4.48. The number of pyridine rings is 2. The van der Waals surface area contributed by atoms with Gasteiger partial charge in [0.1, 0.15) is 0 Å². The van der Waals surface area contributed by atoms with Crippen LogP contribution in [0.4, 0.5) is 5.69 Å². The van der Waals surface area contributed by atoms with Gasteiger partial charge in [-0.1, -0.05) is 12.1 Å². The molecule has 0 saturated carbocycles. The maximum atomic E-state index is 12.2. The van der Waals surface area contributed by atoms with Gasteiger partial charge in [0.2, 0.25) is 0 Å². The summed E-state index contributed by atoms with van der Waals surface area (Å²) in [6, 6.07) is 9.72. The van der Waals surface area contributed by atoms with Crippen LogP contribution in [0.25, 0.3) is 22.0 Å². The molecule has 0 fully saturated rings. The molecule has 4 rings (SSSR count). The van der Waals surface area contributed by atoms with Gasteiger partial charge in [-0.25, -0.2) is 0 Å². The first-order valence-corrected chi connectivity index (χ1v) is 10.3. The van der Waals surface area contributed by atoms with Crippen molar-refractivity contribution in [1.82, 2.24) is 19.7 Å². The fourth-order valence-electron chi connectivity index (χ4n) is 3.88. The summed E-state index contributed by atoms with van der Waals surface area (Å²) >= 11 is 0. The van der Waals surface area contributed by atoms with Gasteiger partial charge >= 0.3 is 0 Å². The molecular weight excluding hydrogens is 404 g/mol. The zero-order chi connectivity index (χ0) is 22.8. The Kier molecular flexibility index (Phi) is 5.87. The number of nitrogens with two attached hydrogens (primary N) is 1. The number of methoxy groups -OCH3 is 1. The van der Waals surface area contributed by atoms with Crippen molar-refractivity contribution < 1.29 is 9.53 Å². The van der Waals surface area contributed by atoms with Gasteiger partial charge in [-0.15, -0.1) is 0 Å². The second-order valence-corrected chi connectivity index (χ2v) is 7.85. The second kappa shape index (κ2) is 8.76. The summed E-state index contributed by atoms with van der Waals surface area (Å²) in [5, 5.41) is 8.82. The van der Waals surface area contributed by atoms with E-state index in [1.165, 1.54) is 6.20 Å². The molecule has 3 heterocycles. The predicted octanol–water partition coefficient (Wildman–Crippen LogP) is 3.76. The molecule has 164 valence electrons. The Hall–Kier alpha value is -3.78. The molecule has 1 atom stereocenters. The van der Waals surface area contributed by atoms with E-state index < -0.39 is 5.91 Å². The zero-order valence-corrected chi connectivity index (χ0v) is 18.6. The third-order valence-electron chi connectivity index (χ3n) is 5.40.